The smallest absolute Gasteiger partial charge is 0.303 e. The highest BCUT2D eigenvalue weighted by Gasteiger charge is 2.03. The zero-order valence-electron chi connectivity index (χ0n) is 6.86. The van der Waals surface area contributed by atoms with E-state index in [0.29, 0.717) is 0 Å². The van der Waals surface area contributed by atoms with Crippen molar-refractivity contribution in [2.45, 2.75) is 32.1 Å². The van der Waals surface area contributed by atoms with Crippen molar-refractivity contribution in [1.29, 1.82) is 0 Å². The van der Waals surface area contributed by atoms with E-state index in [-0.39, 0.29) is 6.42 Å². The molecule has 0 radical (unpaired) electrons. The van der Waals surface area contributed by atoms with Gasteiger partial charge in [-0.05, 0) is 19.3 Å². The summed E-state index contributed by atoms with van der Waals surface area (Å²) >= 11 is 0. The molecule has 0 aliphatic carbocycles. The topological polar surface area (TPSA) is 62.0 Å². The van der Waals surface area contributed by atoms with Crippen molar-refractivity contribution in [3.05, 3.63) is 0 Å². The van der Waals surface area contributed by atoms with Crippen LogP contribution in [-0.2, 0) is 4.79 Å². The van der Waals surface area contributed by atoms with Gasteiger partial charge in [-0.3, -0.25) is 4.79 Å². The second kappa shape index (κ2) is 4.64. The van der Waals surface area contributed by atoms with Crippen LogP contribution < -0.4 is 0 Å². The van der Waals surface area contributed by atoms with Gasteiger partial charge in [0.15, 0.2) is 0 Å². The van der Waals surface area contributed by atoms with Gasteiger partial charge in [-0.2, -0.15) is 10.2 Å². The molecule has 0 saturated carbocycles. The molecule has 1 N–H and O–H groups in total. The molecule has 1 aliphatic rings. The summed E-state index contributed by atoms with van der Waals surface area (Å²) in [7, 11) is 0. The Labute approximate surface area is 71.0 Å². The summed E-state index contributed by atoms with van der Waals surface area (Å²) in [6.07, 6.45) is 5.38. The van der Waals surface area contributed by atoms with E-state index < -0.39 is 5.97 Å². The van der Waals surface area contributed by atoms with E-state index in [0.717, 1.165) is 31.4 Å². The fourth-order valence-corrected chi connectivity index (χ4v) is 1.07. The van der Waals surface area contributed by atoms with Crippen LogP contribution in [0.2, 0.25) is 0 Å². The molecule has 0 aromatic carbocycles. The minimum absolute atomic E-state index is 0.258. The highest BCUT2D eigenvalue weighted by molar-refractivity contribution is 5.98. The summed E-state index contributed by atoms with van der Waals surface area (Å²) in [5.41, 5.74) is 1.07. The van der Waals surface area contributed by atoms with E-state index in [4.69, 9.17) is 5.11 Å². The Morgan fingerprint density at radius 1 is 1.58 bits per heavy atom. The highest BCUT2D eigenvalue weighted by Crippen LogP contribution is 2.06. The molecule has 4 heteroatoms. The second-order valence-electron chi connectivity index (χ2n) is 2.77. The van der Waals surface area contributed by atoms with E-state index in [1.807, 2.05) is 0 Å². The monoisotopic (exact) mass is 168 g/mol. The first kappa shape index (κ1) is 8.90. The van der Waals surface area contributed by atoms with Gasteiger partial charge in [0.25, 0.3) is 0 Å². The third-order valence-electron chi connectivity index (χ3n) is 1.71. The number of unbranched alkanes of at least 4 members (excludes halogenated alkanes) is 1. The van der Waals surface area contributed by atoms with Gasteiger partial charge in [-0.25, -0.2) is 0 Å². The lowest BCUT2D eigenvalue weighted by molar-refractivity contribution is -0.137. The minimum Gasteiger partial charge on any atom is -0.481 e. The molecule has 0 atom stereocenters. The number of aliphatic carboxylic acids is 1. The molecule has 0 unspecified atom stereocenters. The largest absolute Gasteiger partial charge is 0.481 e. The van der Waals surface area contributed by atoms with Gasteiger partial charge >= 0.3 is 5.97 Å². The van der Waals surface area contributed by atoms with Gasteiger partial charge in [-0.15, -0.1) is 0 Å². The maximum atomic E-state index is 10.1. The SMILES string of the molecule is O=C(O)CCCCC1=NN=CC1. The van der Waals surface area contributed by atoms with Crippen LogP contribution in [0.15, 0.2) is 10.2 Å². The van der Waals surface area contributed by atoms with Crippen molar-refractivity contribution in [3.63, 3.8) is 0 Å². The van der Waals surface area contributed by atoms with Gasteiger partial charge in [0, 0.05) is 24.8 Å². The molecular formula is C8H12N2O2. The molecule has 0 amide bonds. The van der Waals surface area contributed by atoms with Crippen LogP contribution >= 0.6 is 0 Å². The standard InChI is InChI=1S/C8H12N2O2/c11-8(12)4-2-1-3-7-5-6-9-10-7/h6H,1-5H2,(H,11,12). The number of hydrogen-bond acceptors (Lipinski definition) is 3. The van der Waals surface area contributed by atoms with Crippen molar-refractivity contribution in [2.75, 3.05) is 0 Å². The van der Waals surface area contributed by atoms with Crippen LogP contribution in [-0.4, -0.2) is 23.0 Å². The first-order chi connectivity index (χ1) is 5.79. The van der Waals surface area contributed by atoms with Gasteiger partial charge < -0.3 is 5.11 Å². The third-order valence-corrected chi connectivity index (χ3v) is 1.71. The van der Waals surface area contributed by atoms with Gasteiger partial charge in [0.1, 0.15) is 0 Å². The number of nitrogens with zero attached hydrogens (tertiary/aromatic N) is 2. The normalized spacial score (nSPS) is 14.8. The van der Waals surface area contributed by atoms with Gasteiger partial charge in [0.05, 0.1) is 0 Å². The predicted molar refractivity (Wildman–Crippen MR) is 46.6 cm³/mol. The summed E-state index contributed by atoms with van der Waals surface area (Å²) in [6.45, 7) is 0. The number of carbonyl (C=O) groups is 1. The van der Waals surface area contributed by atoms with Crippen molar-refractivity contribution in [2.24, 2.45) is 10.2 Å². The Morgan fingerprint density at radius 2 is 2.42 bits per heavy atom. The van der Waals surface area contributed by atoms with Crippen LogP contribution in [0.1, 0.15) is 32.1 Å². The Hall–Kier alpha value is -1.19. The van der Waals surface area contributed by atoms with Crippen molar-refractivity contribution < 1.29 is 9.90 Å². The Kier molecular flexibility index (Phi) is 3.44. The first-order valence-corrected chi connectivity index (χ1v) is 4.08. The van der Waals surface area contributed by atoms with E-state index in [2.05, 4.69) is 10.2 Å². The molecule has 0 aromatic heterocycles. The molecular weight excluding hydrogens is 156 g/mol. The average molecular weight is 168 g/mol. The first-order valence-electron chi connectivity index (χ1n) is 4.08. The number of carboxylic acid groups (broad SMARTS) is 1. The molecule has 66 valence electrons. The maximum Gasteiger partial charge on any atom is 0.303 e. The quantitative estimate of drug-likeness (QED) is 0.631. The fourth-order valence-electron chi connectivity index (χ4n) is 1.07. The van der Waals surface area contributed by atoms with E-state index in [1.54, 1.807) is 6.21 Å². The summed E-state index contributed by atoms with van der Waals surface area (Å²) in [5, 5.41) is 16.0. The molecule has 0 fully saturated rings. The molecule has 0 bridgehead atoms. The van der Waals surface area contributed by atoms with Crippen molar-refractivity contribution in [1.82, 2.24) is 0 Å². The molecule has 1 rings (SSSR count). The lowest BCUT2D eigenvalue weighted by Gasteiger charge is -1.96. The molecule has 4 nitrogen and oxygen atoms in total. The maximum absolute atomic E-state index is 10.1. The van der Waals surface area contributed by atoms with Crippen molar-refractivity contribution >= 4 is 17.9 Å². The average Bonchev–Trinajstić information content (AvgIpc) is 2.49. The molecule has 0 spiro atoms. The molecule has 0 saturated heterocycles. The molecule has 0 aromatic rings. The van der Waals surface area contributed by atoms with Crippen LogP contribution in [0, 0.1) is 0 Å². The summed E-state index contributed by atoms with van der Waals surface area (Å²) in [6, 6.07) is 0. The van der Waals surface area contributed by atoms with Crippen molar-refractivity contribution in [3.8, 4) is 0 Å². The van der Waals surface area contributed by atoms with E-state index in [9.17, 15) is 4.79 Å². The summed E-state index contributed by atoms with van der Waals surface area (Å²) < 4.78 is 0. The Bertz CT molecular complexity index is 221. The molecule has 12 heavy (non-hydrogen) atoms. The van der Waals surface area contributed by atoms with Crippen LogP contribution in [0.3, 0.4) is 0 Å². The number of rotatable bonds is 5. The zero-order chi connectivity index (χ0) is 8.81. The minimum atomic E-state index is -0.723. The lowest BCUT2D eigenvalue weighted by Crippen LogP contribution is -1.97. The Morgan fingerprint density at radius 3 is 3.00 bits per heavy atom. The van der Waals surface area contributed by atoms with Gasteiger partial charge in [0.2, 0.25) is 0 Å². The number of carboxylic acids is 1. The third kappa shape index (κ3) is 3.27. The van der Waals surface area contributed by atoms with E-state index >= 15 is 0 Å². The molecule has 1 aliphatic heterocycles. The lowest BCUT2D eigenvalue weighted by atomic mass is 10.1. The van der Waals surface area contributed by atoms with E-state index in [1.165, 1.54) is 0 Å². The second-order valence-corrected chi connectivity index (χ2v) is 2.77. The fraction of sp³-hybridized carbons (Fsp3) is 0.625. The van der Waals surface area contributed by atoms with Crippen LogP contribution in [0.4, 0.5) is 0 Å². The summed E-state index contributed by atoms with van der Waals surface area (Å²) in [5.74, 6) is -0.723. The van der Waals surface area contributed by atoms with Crippen LogP contribution in [0.25, 0.3) is 0 Å². The highest BCUT2D eigenvalue weighted by atomic mass is 16.4. The Balaban J connectivity index is 1.99. The zero-order valence-corrected chi connectivity index (χ0v) is 6.86. The number of hydrogen-bond donors (Lipinski definition) is 1. The summed E-state index contributed by atoms with van der Waals surface area (Å²) in [4.78, 5) is 10.1. The molecule has 1 heterocycles. The van der Waals surface area contributed by atoms with Crippen LogP contribution in [0.5, 0.6) is 0 Å². The predicted octanol–water partition coefficient (Wildman–Crippen LogP) is 1.46. The van der Waals surface area contributed by atoms with Gasteiger partial charge in [-0.1, -0.05) is 0 Å².